The van der Waals surface area contributed by atoms with Crippen molar-refractivity contribution in [1.82, 2.24) is 0 Å². The molecular formula is C10H19O2S-. The maximum Gasteiger partial charge on any atom is 0.0544 e. The Bertz CT molecular complexity index is 137. The van der Waals surface area contributed by atoms with Crippen molar-refractivity contribution < 1.29 is 9.90 Å². The molecule has 0 aliphatic carbocycles. The molecule has 0 saturated carbocycles. The zero-order valence-corrected chi connectivity index (χ0v) is 9.36. The third-order valence-electron chi connectivity index (χ3n) is 1.86. The maximum absolute atomic E-state index is 10.7. The summed E-state index contributed by atoms with van der Waals surface area (Å²) < 4.78 is 0. The Morgan fingerprint density at radius 2 is 2.00 bits per heavy atom. The highest BCUT2D eigenvalue weighted by Gasteiger charge is 2.08. The molecule has 2 nitrogen and oxygen atoms in total. The molecule has 0 rings (SSSR count). The zero-order chi connectivity index (χ0) is 10.1. The van der Waals surface area contributed by atoms with Crippen LogP contribution in [-0.2, 0) is 4.79 Å². The molecule has 0 amide bonds. The molecule has 1 unspecified atom stereocenters. The Morgan fingerprint density at radius 3 is 2.46 bits per heavy atom. The minimum atomic E-state index is -0.894. The van der Waals surface area contributed by atoms with Crippen LogP contribution in [0, 0.1) is 0 Å². The zero-order valence-electron chi connectivity index (χ0n) is 8.54. The van der Waals surface area contributed by atoms with Crippen molar-refractivity contribution >= 4 is 17.7 Å². The van der Waals surface area contributed by atoms with E-state index in [-0.39, 0.29) is 5.25 Å². The van der Waals surface area contributed by atoms with E-state index in [0.717, 1.165) is 37.9 Å². The van der Waals surface area contributed by atoms with Gasteiger partial charge < -0.3 is 9.90 Å². The summed E-state index contributed by atoms with van der Waals surface area (Å²) in [6, 6.07) is 0. The van der Waals surface area contributed by atoms with E-state index in [2.05, 4.69) is 13.8 Å². The molecule has 78 valence electrons. The lowest BCUT2D eigenvalue weighted by molar-refractivity contribution is -0.304. The molecular weight excluding hydrogens is 184 g/mol. The Balaban J connectivity index is 3.61. The fourth-order valence-corrected chi connectivity index (χ4v) is 2.10. The first-order chi connectivity index (χ1) is 6.22. The van der Waals surface area contributed by atoms with E-state index >= 15 is 0 Å². The van der Waals surface area contributed by atoms with Crippen LogP contribution in [0.1, 0.15) is 46.0 Å². The number of aliphatic carboxylic acids is 1. The molecule has 0 aliphatic heterocycles. The summed E-state index contributed by atoms with van der Waals surface area (Å²) in [5.41, 5.74) is 0. The summed E-state index contributed by atoms with van der Waals surface area (Å²) in [4.78, 5) is 10.7. The predicted molar refractivity (Wildman–Crippen MR) is 55.7 cm³/mol. The van der Waals surface area contributed by atoms with Crippen LogP contribution in [0.4, 0.5) is 0 Å². The van der Waals surface area contributed by atoms with Gasteiger partial charge in [0, 0.05) is 5.25 Å². The van der Waals surface area contributed by atoms with Crippen LogP contribution in [0.5, 0.6) is 0 Å². The number of carboxylic acid groups (broad SMARTS) is 1. The van der Waals surface area contributed by atoms with Crippen LogP contribution in [0.15, 0.2) is 0 Å². The van der Waals surface area contributed by atoms with Crippen LogP contribution in [0.3, 0.4) is 0 Å². The highest BCUT2D eigenvalue weighted by atomic mass is 32.2. The highest BCUT2D eigenvalue weighted by Crippen LogP contribution is 2.18. The molecule has 0 aromatic heterocycles. The van der Waals surface area contributed by atoms with Crippen molar-refractivity contribution in [3.05, 3.63) is 0 Å². The molecule has 0 radical (unpaired) electrons. The molecule has 0 aliphatic rings. The maximum atomic E-state index is 10.7. The van der Waals surface area contributed by atoms with Crippen LogP contribution in [0.25, 0.3) is 0 Å². The second-order valence-electron chi connectivity index (χ2n) is 3.17. The molecule has 0 N–H and O–H groups in total. The van der Waals surface area contributed by atoms with E-state index < -0.39 is 5.97 Å². The van der Waals surface area contributed by atoms with Gasteiger partial charge in [0.2, 0.25) is 0 Å². The molecule has 0 bridgehead atoms. The molecule has 0 heterocycles. The number of carboxylic acids is 1. The molecule has 13 heavy (non-hydrogen) atoms. The van der Waals surface area contributed by atoms with Gasteiger partial charge in [0.25, 0.3) is 0 Å². The van der Waals surface area contributed by atoms with Gasteiger partial charge in [-0.05, 0) is 18.6 Å². The molecule has 3 heteroatoms. The topological polar surface area (TPSA) is 40.1 Å². The third kappa shape index (κ3) is 6.94. The second-order valence-corrected chi connectivity index (χ2v) is 4.48. The predicted octanol–water partition coefficient (Wildman–Crippen LogP) is 1.83. The minimum Gasteiger partial charge on any atom is -0.549 e. The first-order valence-electron chi connectivity index (χ1n) is 5.04. The van der Waals surface area contributed by atoms with Crippen molar-refractivity contribution in [2.24, 2.45) is 0 Å². The largest absolute Gasteiger partial charge is 0.549 e. The summed E-state index contributed by atoms with van der Waals surface area (Å²) in [5.74, 6) is 0.0275. The Labute approximate surface area is 85.1 Å². The average Bonchev–Trinajstić information content (AvgIpc) is 2.10. The van der Waals surface area contributed by atoms with E-state index in [1.54, 1.807) is 0 Å². The molecule has 0 fully saturated rings. The van der Waals surface area contributed by atoms with E-state index in [1.165, 1.54) is 11.8 Å². The summed E-state index contributed by atoms with van der Waals surface area (Å²) in [7, 11) is 0. The Morgan fingerprint density at radius 1 is 1.31 bits per heavy atom. The lowest BCUT2D eigenvalue weighted by atomic mass is 10.1. The van der Waals surface area contributed by atoms with Gasteiger partial charge in [0.05, 0.1) is 5.97 Å². The molecule has 0 aromatic carbocycles. The fraction of sp³-hybridized carbons (Fsp3) is 0.900. The Kier molecular flexibility index (Phi) is 8.30. The van der Waals surface area contributed by atoms with Crippen molar-refractivity contribution in [1.29, 1.82) is 0 Å². The van der Waals surface area contributed by atoms with Crippen LogP contribution < -0.4 is 5.11 Å². The minimum absolute atomic E-state index is 0.286. The third-order valence-corrected chi connectivity index (χ3v) is 3.33. The van der Waals surface area contributed by atoms with E-state index in [1.807, 2.05) is 0 Å². The van der Waals surface area contributed by atoms with Crippen LogP contribution in [0.2, 0.25) is 0 Å². The van der Waals surface area contributed by atoms with Gasteiger partial charge in [-0.15, -0.1) is 0 Å². The number of carbonyl (C=O) groups is 1. The lowest BCUT2D eigenvalue weighted by Crippen LogP contribution is -2.33. The summed E-state index contributed by atoms with van der Waals surface area (Å²) >= 11 is 1.52. The van der Waals surface area contributed by atoms with Crippen molar-refractivity contribution in [2.45, 2.75) is 51.2 Å². The van der Waals surface area contributed by atoms with Gasteiger partial charge >= 0.3 is 0 Å². The average molecular weight is 203 g/mol. The van der Waals surface area contributed by atoms with Crippen molar-refractivity contribution in [3.63, 3.8) is 0 Å². The molecule has 1 atom stereocenters. The standard InChI is InChI=1S/C10H20O2S/c1-3-5-6-7-9(10(11)12)13-8-4-2/h9H,3-8H2,1-2H3,(H,11,12)/p-1. The molecule has 0 saturated heterocycles. The van der Waals surface area contributed by atoms with Gasteiger partial charge in [0.1, 0.15) is 0 Å². The first kappa shape index (κ1) is 12.8. The summed E-state index contributed by atoms with van der Waals surface area (Å²) in [6.07, 6.45) is 5.06. The van der Waals surface area contributed by atoms with E-state index in [4.69, 9.17) is 0 Å². The SMILES string of the molecule is CCCCCC(SCCC)C(=O)[O-]. The molecule has 0 aromatic rings. The number of unbranched alkanes of at least 4 members (excludes halogenated alkanes) is 2. The van der Waals surface area contributed by atoms with Crippen LogP contribution in [-0.4, -0.2) is 17.0 Å². The number of carbonyl (C=O) groups excluding carboxylic acids is 1. The quantitative estimate of drug-likeness (QED) is 0.565. The number of hydrogen-bond acceptors (Lipinski definition) is 3. The number of hydrogen-bond donors (Lipinski definition) is 0. The van der Waals surface area contributed by atoms with Gasteiger partial charge in [-0.3, -0.25) is 0 Å². The van der Waals surface area contributed by atoms with Gasteiger partial charge in [-0.1, -0.05) is 33.1 Å². The van der Waals surface area contributed by atoms with Crippen molar-refractivity contribution in [3.8, 4) is 0 Å². The fourth-order valence-electron chi connectivity index (χ4n) is 1.11. The van der Waals surface area contributed by atoms with Crippen LogP contribution >= 0.6 is 11.8 Å². The second kappa shape index (κ2) is 8.42. The normalized spacial score (nSPS) is 12.8. The highest BCUT2D eigenvalue weighted by molar-refractivity contribution is 8.00. The van der Waals surface area contributed by atoms with Gasteiger partial charge in [-0.25, -0.2) is 0 Å². The van der Waals surface area contributed by atoms with E-state index in [0.29, 0.717) is 0 Å². The Hall–Kier alpha value is -0.180. The monoisotopic (exact) mass is 203 g/mol. The lowest BCUT2D eigenvalue weighted by Gasteiger charge is -2.16. The van der Waals surface area contributed by atoms with Gasteiger partial charge in [-0.2, -0.15) is 11.8 Å². The molecule has 0 spiro atoms. The first-order valence-corrected chi connectivity index (χ1v) is 6.09. The van der Waals surface area contributed by atoms with E-state index in [9.17, 15) is 9.90 Å². The summed E-state index contributed by atoms with van der Waals surface area (Å²) in [5, 5.41) is 10.4. The van der Waals surface area contributed by atoms with Gasteiger partial charge in [0.15, 0.2) is 0 Å². The van der Waals surface area contributed by atoms with Crippen molar-refractivity contribution in [2.75, 3.05) is 5.75 Å². The number of rotatable bonds is 8. The smallest absolute Gasteiger partial charge is 0.0544 e. The summed E-state index contributed by atoms with van der Waals surface area (Å²) in [6.45, 7) is 4.18. The number of thioether (sulfide) groups is 1.